The molecule has 1 aliphatic rings. The molecule has 0 unspecified atom stereocenters. The van der Waals surface area contributed by atoms with Gasteiger partial charge >= 0.3 is 10.2 Å². The van der Waals surface area contributed by atoms with Crippen molar-refractivity contribution < 1.29 is 13.2 Å². The van der Waals surface area contributed by atoms with Gasteiger partial charge in [0.1, 0.15) is 0 Å². The maximum atomic E-state index is 12.1. The van der Waals surface area contributed by atoms with Gasteiger partial charge in [0, 0.05) is 25.1 Å². The number of hydrogen-bond donors (Lipinski definition) is 1. The summed E-state index contributed by atoms with van der Waals surface area (Å²) >= 11 is 0. The first-order chi connectivity index (χ1) is 8.56. The van der Waals surface area contributed by atoms with Crippen molar-refractivity contribution in [3.63, 3.8) is 0 Å². The second-order valence-corrected chi connectivity index (χ2v) is 5.80. The third kappa shape index (κ3) is 2.39. The summed E-state index contributed by atoms with van der Waals surface area (Å²) in [5, 5.41) is 0. The van der Waals surface area contributed by atoms with Gasteiger partial charge < -0.3 is 0 Å². The molecular formula is C12H16N2O3S. The Morgan fingerprint density at radius 2 is 2.06 bits per heavy atom. The number of fused-ring (bicyclic) bond motifs is 1. The average molecular weight is 268 g/mol. The van der Waals surface area contributed by atoms with Crippen LogP contribution in [0.15, 0.2) is 24.3 Å². The zero-order valence-electron chi connectivity index (χ0n) is 10.2. The van der Waals surface area contributed by atoms with Crippen LogP contribution < -0.4 is 9.03 Å². The molecule has 0 radical (unpaired) electrons. The molecule has 0 amide bonds. The highest BCUT2D eigenvalue weighted by Gasteiger charge is 2.28. The summed E-state index contributed by atoms with van der Waals surface area (Å²) in [7, 11) is -3.56. The number of nitrogens with one attached hydrogen (secondary N) is 1. The fourth-order valence-corrected chi connectivity index (χ4v) is 3.38. The van der Waals surface area contributed by atoms with Crippen molar-refractivity contribution in [3.8, 4) is 0 Å². The lowest BCUT2D eigenvalue weighted by molar-refractivity contribution is 0.0984. The molecule has 1 heterocycles. The van der Waals surface area contributed by atoms with E-state index in [0.29, 0.717) is 37.2 Å². The Labute approximate surface area is 107 Å². The molecule has 0 saturated carbocycles. The summed E-state index contributed by atoms with van der Waals surface area (Å²) in [6.45, 7) is 2.39. The molecule has 2 rings (SSSR count). The summed E-state index contributed by atoms with van der Waals surface area (Å²) < 4.78 is 28.0. The fraction of sp³-hybridized carbons (Fsp3) is 0.417. The van der Waals surface area contributed by atoms with Crippen LogP contribution in [0, 0.1) is 0 Å². The van der Waals surface area contributed by atoms with Gasteiger partial charge in [0.05, 0.1) is 5.69 Å². The molecule has 6 heteroatoms. The van der Waals surface area contributed by atoms with Crippen molar-refractivity contribution in [3.05, 3.63) is 29.8 Å². The van der Waals surface area contributed by atoms with E-state index in [9.17, 15) is 13.2 Å². The van der Waals surface area contributed by atoms with Gasteiger partial charge in [0.15, 0.2) is 5.78 Å². The van der Waals surface area contributed by atoms with Crippen LogP contribution in [0.5, 0.6) is 0 Å². The van der Waals surface area contributed by atoms with Gasteiger partial charge in [-0.3, -0.25) is 9.10 Å². The number of carbonyl (C=O) groups excluding carboxylic acids is 1. The highest BCUT2D eigenvalue weighted by atomic mass is 32.2. The quantitative estimate of drug-likeness (QED) is 0.899. The summed E-state index contributed by atoms with van der Waals surface area (Å²) in [6.07, 6.45) is 0.924. The first kappa shape index (κ1) is 13.0. The molecule has 0 atom stereocenters. The van der Waals surface area contributed by atoms with Crippen LogP contribution >= 0.6 is 0 Å². The third-order valence-electron chi connectivity index (χ3n) is 2.86. The number of para-hydroxylation sites is 1. The van der Waals surface area contributed by atoms with Crippen molar-refractivity contribution in [2.75, 3.05) is 17.4 Å². The molecule has 1 aliphatic heterocycles. The normalized spacial score (nSPS) is 16.3. The van der Waals surface area contributed by atoms with E-state index < -0.39 is 10.2 Å². The maximum Gasteiger partial charge on any atom is 0.301 e. The molecule has 98 valence electrons. The van der Waals surface area contributed by atoms with Crippen molar-refractivity contribution in [1.82, 2.24) is 4.72 Å². The SMILES string of the molecule is CCNS(=O)(=O)N1CCCC(=O)c2ccccc21. The lowest BCUT2D eigenvalue weighted by Crippen LogP contribution is -2.41. The highest BCUT2D eigenvalue weighted by Crippen LogP contribution is 2.27. The van der Waals surface area contributed by atoms with Gasteiger partial charge in [-0.2, -0.15) is 13.1 Å². The first-order valence-corrected chi connectivity index (χ1v) is 7.40. The predicted molar refractivity (Wildman–Crippen MR) is 69.9 cm³/mol. The summed E-state index contributed by atoms with van der Waals surface area (Å²) in [4.78, 5) is 11.9. The van der Waals surface area contributed by atoms with Crippen molar-refractivity contribution in [1.29, 1.82) is 0 Å². The Morgan fingerprint density at radius 1 is 1.33 bits per heavy atom. The highest BCUT2D eigenvalue weighted by molar-refractivity contribution is 7.90. The smallest absolute Gasteiger partial charge is 0.294 e. The third-order valence-corrected chi connectivity index (χ3v) is 4.47. The number of ketones is 1. The van der Waals surface area contributed by atoms with Crippen LogP contribution in [-0.4, -0.2) is 27.3 Å². The second kappa shape index (κ2) is 5.07. The molecule has 0 bridgehead atoms. The minimum Gasteiger partial charge on any atom is -0.294 e. The van der Waals surface area contributed by atoms with Crippen LogP contribution in [0.1, 0.15) is 30.1 Å². The Morgan fingerprint density at radius 3 is 2.78 bits per heavy atom. The molecule has 18 heavy (non-hydrogen) atoms. The monoisotopic (exact) mass is 268 g/mol. The largest absolute Gasteiger partial charge is 0.301 e. The number of carbonyl (C=O) groups is 1. The molecule has 0 aromatic heterocycles. The van der Waals surface area contributed by atoms with Gasteiger partial charge in [-0.1, -0.05) is 19.1 Å². The molecular weight excluding hydrogens is 252 g/mol. The summed E-state index contributed by atoms with van der Waals surface area (Å²) in [5.41, 5.74) is 0.956. The number of Topliss-reactive ketones (excluding diaryl/α,β-unsaturated/α-hetero) is 1. The van der Waals surface area contributed by atoms with E-state index in [4.69, 9.17) is 0 Å². The van der Waals surface area contributed by atoms with E-state index >= 15 is 0 Å². The lowest BCUT2D eigenvalue weighted by atomic mass is 10.1. The Balaban J connectivity index is 2.50. The van der Waals surface area contributed by atoms with E-state index in [2.05, 4.69) is 4.72 Å². The van der Waals surface area contributed by atoms with E-state index in [0.717, 1.165) is 0 Å². The number of hydrogen-bond acceptors (Lipinski definition) is 3. The Hall–Kier alpha value is -1.40. The molecule has 0 saturated heterocycles. The van der Waals surface area contributed by atoms with Gasteiger partial charge in [0.2, 0.25) is 0 Å². The molecule has 5 nitrogen and oxygen atoms in total. The number of anilines is 1. The molecule has 0 spiro atoms. The van der Waals surface area contributed by atoms with Gasteiger partial charge in [-0.05, 0) is 18.6 Å². The molecule has 0 aliphatic carbocycles. The number of benzene rings is 1. The van der Waals surface area contributed by atoms with Crippen LogP contribution in [0.2, 0.25) is 0 Å². The summed E-state index contributed by atoms with van der Waals surface area (Å²) in [5.74, 6) is -0.000187. The number of nitrogens with zero attached hydrogens (tertiary/aromatic N) is 1. The molecule has 1 N–H and O–H groups in total. The lowest BCUT2D eigenvalue weighted by Gasteiger charge is -2.23. The van der Waals surface area contributed by atoms with Crippen molar-refractivity contribution in [2.24, 2.45) is 0 Å². The fourth-order valence-electron chi connectivity index (χ4n) is 2.08. The van der Waals surface area contributed by atoms with Gasteiger partial charge in [-0.25, -0.2) is 0 Å². The number of rotatable bonds is 3. The Bertz CT molecular complexity index is 554. The maximum absolute atomic E-state index is 12.1. The standard InChI is InChI=1S/C12H16N2O3S/c1-2-13-18(16,17)14-9-5-8-12(15)10-6-3-4-7-11(10)14/h3-4,6-7,13H,2,5,8-9H2,1H3. The topological polar surface area (TPSA) is 66.5 Å². The van der Waals surface area contributed by atoms with Crippen LogP contribution in [0.3, 0.4) is 0 Å². The second-order valence-electron chi connectivity index (χ2n) is 4.12. The zero-order valence-corrected chi connectivity index (χ0v) is 11.0. The average Bonchev–Trinajstić information content (AvgIpc) is 2.50. The van der Waals surface area contributed by atoms with E-state index in [1.54, 1.807) is 31.2 Å². The van der Waals surface area contributed by atoms with Crippen molar-refractivity contribution >= 4 is 21.7 Å². The van der Waals surface area contributed by atoms with E-state index in [1.807, 2.05) is 0 Å². The van der Waals surface area contributed by atoms with Crippen LogP contribution in [-0.2, 0) is 10.2 Å². The minimum absolute atomic E-state index is 0.000187. The van der Waals surface area contributed by atoms with Crippen LogP contribution in [0.25, 0.3) is 0 Å². The molecule has 1 aromatic carbocycles. The summed E-state index contributed by atoms with van der Waals surface area (Å²) in [6, 6.07) is 6.84. The predicted octanol–water partition coefficient (Wildman–Crippen LogP) is 1.32. The van der Waals surface area contributed by atoms with Gasteiger partial charge in [-0.15, -0.1) is 0 Å². The van der Waals surface area contributed by atoms with Gasteiger partial charge in [0.25, 0.3) is 0 Å². The molecule has 1 aromatic rings. The van der Waals surface area contributed by atoms with Crippen LogP contribution in [0.4, 0.5) is 5.69 Å². The minimum atomic E-state index is -3.56. The first-order valence-electron chi connectivity index (χ1n) is 5.96. The van der Waals surface area contributed by atoms with E-state index in [-0.39, 0.29) is 5.78 Å². The van der Waals surface area contributed by atoms with Crippen molar-refractivity contribution in [2.45, 2.75) is 19.8 Å². The zero-order chi connectivity index (χ0) is 13.2. The van der Waals surface area contributed by atoms with E-state index in [1.165, 1.54) is 4.31 Å². The Kier molecular flexibility index (Phi) is 3.68. The molecule has 0 fully saturated rings.